The van der Waals surface area contributed by atoms with E-state index in [4.69, 9.17) is 0 Å². The van der Waals surface area contributed by atoms with Gasteiger partial charge in [-0.2, -0.15) is 13.2 Å². The van der Waals surface area contributed by atoms with Gasteiger partial charge < -0.3 is 10.2 Å². The van der Waals surface area contributed by atoms with Crippen LogP contribution >= 0.6 is 0 Å². The summed E-state index contributed by atoms with van der Waals surface area (Å²) in [6.45, 7) is 1.35. The molecule has 1 aromatic carbocycles. The number of halogens is 4. The monoisotopic (exact) mass is 443 g/mol. The number of amides is 2. The van der Waals surface area contributed by atoms with Crippen LogP contribution in [0.25, 0.3) is 11.3 Å². The summed E-state index contributed by atoms with van der Waals surface area (Å²) in [5.74, 6) is -0.227. The highest BCUT2D eigenvalue weighted by Gasteiger charge is 2.40. The van der Waals surface area contributed by atoms with Gasteiger partial charge in [-0.05, 0) is 30.7 Å². The maximum Gasteiger partial charge on any atom is 0.416 e. The van der Waals surface area contributed by atoms with Gasteiger partial charge in [-0.15, -0.1) is 0 Å². The number of carbonyl (C=O) groups excluding carboxylic acids is 1. The Morgan fingerprint density at radius 2 is 1.97 bits per heavy atom. The van der Waals surface area contributed by atoms with E-state index in [1.807, 2.05) is 0 Å². The van der Waals surface area contributed by atoms with Crippen molar-refractivity contribution in [3.63, 3.8) is 0 Å². The van der Waals surface area contributed by atoms with Gasteiger partial charge in [0, 0.05) is 24.7 Å². The van der Waals surface area contributed by atoms with Crippen molar-refractivity contribution in [1.82, 2.24) is 9.97 Å². The Hall–Kier alpha value is -3.69. The average Bonchev–Trinajstić information content (AvgIpc) is 3.17. The molecule has 1 N–H and O–H groups in total. The third kappa shape index (κ3) is 3.61. The molecule has 6 nitrogen and oxygen atoms in total. The number of anilines is 3. The highest BCUT2D eigenvalue weighted by molar-refractivity contribution is 6.04. The molecule has 1 fully saturated rings. The van der Waals surface area contributed by atoms with E-state index in [1.54, 1.807) is 18.2 Å². The number of fused-ring (bicyclic) bond motifs is 4. The number of rotatable bonds is 2. The molecule has 0 spiro atoms. The zero-order valence-electron chi connectivity index (χ0n) is 16.6. The van der Waals surface area contributed by atoms with Crippen molar-refractivity contribution in [1.29, 1.82) is 0 Å². The number of hydrogen-bond donors (Lipinski definition) is 1. The molecular formula is C22H17F4N5O. The lowest BCUT2D eigenvalue weighted by Gasteiger charge is -2.36. The lowest BCUT2D eigenvalue weighted by atomic mass is 10.1. The molecule has 10 heteroatoms. The minimum absolute atomic E-state index is 0.159. The Balaban J connectivity index is 1.53. The molecular weight excluding hydrogens is 426 g/mol. The molecule has 2 amide bonds. The molecule has 1 atom stereocenters. The van der Waals surface area contributed by atoms with Crippen molar-refractivity contribution in [2.75, 3.05) is 28.2 Å². The molecule has 164 valence electrons. The van der Waals surface area contributed by atoms with Crippen LogP contribution in [-0.2, 0) is 6.18 Å². The average molecular weight is 443 g/mol. The number of benzene rings is 1. The first kappa shape index (κ1) is 20.2. The van der Waals surface area contributed by atoms with Crippen molar-refractivity contribution >= 4 is 23.2 Å². The van der Waals surface area contributed by atoms with Crippen LogP contribution in [0.2, 0.25) is 0 Å². The summed E-state index contributed by atoms with van der Waals surface area (Å²) in [6.07, 6.45) is -1.40. The fourth-order valence-corrected chi connectivity index (χ4v) is 4.15. The van der Waals surface area contributed by atoms with E-state index in [2.05, 4.69) is 20.2 Å². The molecule has 0 saturated carbocycles. The van der Waals surface area contributed by atoms with Gasteiger partial charge in [0.1, 0.15) is 5.82 Å². The Kier molecular flexibility index (Phi) is 4.72. The predicted molar refractivity (Wildman–Crippen MR) is 111 cm³/mol. The molecule has 2 aromatic heterocycles. The first-order chi connectivity index (χ1) is 15.3. The van der Waals surface area contributed by atoms with Crippen molar-refractivity contribution < 1.29 is 22.4 Å². The summed E-state index contributed by atoms with van der Waals surface area (Å²) in [4.78, 5) is 25.0. The fourth-order valence-electron chi connectivity index (χ4n) is 4.15. The van der Waals surface area contributed by atoms with E-state index >= 15 is 0 Å². The van der Waals surface area contributed by atoms with Crippen LogP contribution < -0.4 is 15.1 Å². The zero-order chi connectivity index (χ0) is 22.5. The standard InChI is InChI=1S/C22H17F4N5O/c23-15-9-16(11-27-10-15)28-21(32)31-17-6-7-30(12-17)19-5-4-18(29-20(19)31)13-2-1-3-14(8-13)22(24,25)26/h1-5,8-11,17H,6-7,12H2,(H,28,32)/t17-/m0/s1. The molecule has 2 bridgehead atoms. The number of pyridine rings is 2. The summed E-state index contributed by atoms with van der Waals surface area (Å²) in [5.41, 5.74) is 0.771. The van der Waals surface area contributed by atoms with Crippen LogP contribution in [-0.4, -0.2) is 35.1 Å². The minimum atomic E-state index is -4.47. The van der Waals surface area contributed by atoms with E-state index in [0.717, 1.165) is 36.6 Å². The van der Waals surface area contributed by atoms with Crippen LogP contribution in [0.5, 0.6) is 0 Å². The second-order valence-corrected chi connectivity index (χ2v) is 7.70. The number of aromatic nitrogens is 2. The quantitative estimate of drug-likeness (QED) is 0.571. The number of urea groups is 1. The Morgan fingerprint density at radius 1 is 1.12 bits per heavy atom. The van der Waals surface area contributed by atoms with Crippen molar-refractivity contribution in [2.24, 2.45) is 0 Å². The van der Waals surface area contributed by atoms with Crippen LogP contribution in [0.4, 0.5) is 39.5 Å². The third-order valence-corrected chi connectivity index (χ3v) is 5.61. The SMILES string of the molecule is O=C(Nc1cncc(F)c1)N1c2nc(-c3cccc(C(F)(F)F)c3)ccc2N2CC[C@H]1C2. The van der Waals surface area contributed by atoms with Gasteiger partial charge in [0.2, 0.25) is 0 Å². The predicted octanol–water partition coefficient (Wildman–Crippen LogP) is 4.93. The van der Waals surface area contributed by atoms with Gasteiger partial charge in [-0.25, -0.2) is 14.2 Å². The van der Waals surface area contributed by atoms with Crippen molar-refractivity contribution in [3.8, 4) is 11.3 Å². The summed E-state index contributed by atoms with van der Waals surface area (Å²) in [6, 6.07) is 8.83. The molecule has 0 radical (unpaired) electrons. The van der Waals surface area contributed by atoms with Crippen LogP contribution in [0.1, 0.15) is 12.0 Å². The number of alkyl halides is 3. The maximum absolute atomic E-state index is 13.5. The van der Waals surface area contributed by atoms with Gasteiger partial charge in [0.05, 0.1) is 41.1 Å². The highest BCUT2D eigenvalue weighted by atomic mass is 19.4. The lowest BCUT2D eigenvalue weighted by molar-refractivity contribution is -0.137. The minimum Gasteiger partial charge on any atom is -0.366 e. The second kappa shape index (κ2) is 7.47. The molecule has 0 aliphatic carbocycles. The van der Waals surface area contributed by atoms with E-state index in [0.29, 0.717) is 30.0 Å². The summed E-state index contributed by atoms with van der Waals surface area (Å²) in [5, 5.41) is 2.64. The van der Waals surface area contributed by atoms with Crippen LogP contribution in [0, 0.1) is 5.82 Å². The second-order valence-electron chi connectivity index (χ2n) is 7.70. The van der Waals surface area contributed by atoms with E-state index < -0.39 is 23.6 Å². The first-order valence-corrected chi connectivity index (χ1v) is 9.94. The van der Waals surface area contributed by atoms with Gasteiger partial charge in [-0.3, -0.25) is 9.88 Å². The van der Waals surface area contributed by atoms with E-state index in [-0.39, 0.29) is 11.7 Å². The molecule has 4 heterocycles. The van der Waals surface area contributed by atoms with Crippen molar-refractivity contribution in [3.05, 3.63) is 66.2 Å². The Labute approximate surface area is 180 Å². The normalized spacial score (nSPS) is 17.3. The smallest absolute Gasteiger partial charge is 0.366 e. The Morgan fingerprint density at radius 3 is 2.75 bits per heavy atom. The zero-order valence-corrected chi connectivity index (χ0v) is 16.6. The lowest BCUT2D eigenvalue weighted by Crippen LogP contribution is -2.48. The first-order valence-electron chi connectivity index (χ1n) is 9.94. The summed E-state index contributed by atoms with van der Waals surface area (Å²) in [7, 11) is 0. The van der Waals surface area contributed by atoms with Gasteiger partial charge in [0.15, 0.2) is 5.82 Å². The molecule has 2 aliphatic heterocycles. The van der Waals surface area contributed by atoms with Crippen LogP contribution in [0.15, 0.2) is 54.9 Å². The summed E-state index contributed by atoms with van der Waals surface area (Å²) >= 11 is 0. The highest BCUT2D eigenvalue weighted by Crippen LogP contribution is 2.41. The topological polar surface area (TPSA) is 61.4 Å². The van der Waals surface area contributed by atoms with Gasteiger partial charge >= 0.3 is 12.2 Å². The summed E-state index contributed by atoms with van der Waals surface area (Å²) < 4.78 is 52.9. The van der Waals surface area contributed by atoms with Gasteiger partial charge in [-0.1, -0.05) is 12.1 Å². The van der Waals surface area contributed by atoms with E-state index in [9.17, 15) is 22.4 Å². The number of nitrogens with zero attached hydrogens (tertiary/aromatic N) is 4. The number of hydrogen-bond acceptors (Lipinski definition) is 4. The number of nitrogens with one attached hydrogen (secondary N) is 1. The molecule has 2 aliphatic rings. The van der Waals surface area contributed by atoms with Gasteiger partial charge in [0.25, 0.3) is 0 Å². The van der Waals surface area contributed by atoms with Crippen molar-refractivity contribution in [2.45, 2.75) is 18.6 Å². The van der Waals surface area contributed by atoms with Crippen LogP contribution in [0.3, 0.4) is 0 Å². The molecule has 1 saturated heterocycles. The molecule has 3 aromatic rings. The maximum atomic E-state index is 13.5. The third-order valence-electron chi connectivity index (χ3n) is 5.61. The molecule has 0 unspecified atom stereocenters. The molecule has 5 rings (SSSR count). The fraction of sp³-hybridized carbons (Fsp3) is 0.227. The number of carbonyl (C=O) groups is 1. The molecule has 32 heavy (non-hydrogen) atoms. The van der Waals surface area contributed by atoms with E-state index in [1.165, 1.54) is 17.2 Å². The Bertz CT molecular complexity index is 1200. The largest absolute Gasteiger partial charge is 0.416 e.